The van der Waals surface area contributed by atoms with Gasteiger partial charge in [0.1, 0.15) is 5.82 Å². The van der Waals surface area contributed by atoms with E-state index in [1.807, 2.05) is 16.8 Å². The van der Waals surface area contributed by atoms with E-state index in [-0.39, 0.29) is 11.9 Å². The van der Waals surface area contributed by atoms with Crippen LogP contribution in [0, 0.1) is 19.7 Å². The van der Waals surface area contributed by atoms with Crippen LogP contribution in [0.25, 0.3) is 0 Å². The summed E-state index contributed by atoms with van der Waals surface area (Å²) in [5.41, 5.74) is 4.96. The lowest BCUT2D eigenvalue weighted by molar-refractivity contribution is 0.197. The SMILES string of the molecule is Cc1ccc(C)c(N2CCN([C@@H](c3ccc(F)cc3)c3nnnn3C3CCCC3)CC2)c1. The molecule has 2 aromatic carbocycles. The maximum absolute atomic E-state index is 13.7. The van der Waals surface area contributed by atoms with Crippen LogP contribution in [0.1, 0.15) is 60.3 Å². The lowest BCUT2D eigenvalue weighted by Gasteiger charge is -2.40. The largest absolute Gasteiger partial charge is 0.369 e. The normalized spacial score (nSPS) is 18.9. The van der Waals surface area contributed by atoms with Gasteiger partial charge < -0.3 is 4.90 Å². The Morgan fingerprint density at radius 2 is 1.66 bits per heavy atom. The minimum atomic E-state index is -0.220. The summed E-state index contributed by atoms with van der Waals surface area (Å²) in [7, 11) is 0. The molecule has 0 unspecified atom stereocenters. The highest BCUT2D eigenvalue weighted by Gasteiger charge is 2.33. The molecule has 1 saturated carbocycles. The Morgan fingerprint density at radius 1 is 0.938 bits per heavy atom. The van der Waals surface area contributed by atoms with Gasteiger partial charge in [0.25, 0.3) is 0 Å². The van der Waals surface area contributed by atoms with Crippen LogP contribution in [0.15, 0.2) is 42.5 Å². The summed E-state index contributed by atoms with van der Waals surface area (Å²) in [6.45, 7) is 7.99. The minimum absolute atomic E-state index is 0.0769. The second-order valence-electron chi connectivity index (χ2n) is 9.19. The van der Waals surface area contributed by atoms with E-state index in [4.69, 9.17) is 0 Å². The van der Waals surface area contributed by atoms with Crippen LogP contribution in [-0.4, -0.2) is 51.3 Å². The standard InChI is InChI=1S/C25H31FN6/c1-18-7-8-19(2)23(17-18)30-13-15-31(16-14-30)24(20-9-11-21(26)12-10-20)25-27-28-29-32(25)22-5-3-4-6-22/h7-12,17,22,24H,3-6,13-16H2,1-2H3/t24-/m0/s1. The highest BCUT2D eigenvalue weighted by atomic mass is 19.1. The van der Waals surface area contributed by atoms with E-state index >= 15 is 0 Å². The smallest absolute Gasteiger partial charge is 0.173 e. The van der Waals surface area contributed by atoms with Crippen molar-refractivity contribution in [2.75, 3.05) is 31.1 Å². The summed E-state index contributed by atoms with van der Waals surface area (Å²) in [6.07, 6.45) is 4.68. The summed E-state index contributed by atoms with van der Waals surface area (Å²) in [4.78, 5) is 4.92. The van der Waals surface area contributed by atoms with Crippen molar-refractivity contribution in [2.45, 2.75) is 51.6 Å². The highest BCUT2D eigenvalue weighted by Crippen LogP contribution is 2.35. The number of tetrazole rings is 1. The molecule has 1 aromatic heterocycles. The third-order valence-corrected chi connectivity index (χ3v) is 7.00. The van der Waals surface area contributed by atoms with E-state index in [0.29, 0.717) is 6.04 Å². The van der Waals surface area contributed by atoms with Gasteiger partial charge in [0.05, 0.1) is 12.1 Å². The number of hydrogen-bond acceptors (Lipinski definition) is 5. The number of nitrogens with zero attached hydrogens (tertiary/aromatic N) is 6. The molecule has 6 nitrogen and oxygen atoms in total. The predicted octanol–water partition coefficient (Wildman–Crippen LogP) is 4.46. The van der Waals surface area contributed by atoms with Crippen LogP contribution in [0.5, 0.6) is 0 Å². The van der Waals surface area contributed by atoms with Crippen molar-refractivity contribution < 1.29 is 4.39 Å². The molecule has 1 aliphatic heterocycles. The number of halogens is 1. The Kier molecular flexibility index (Phi) is 5.91. The Labute approximate surface area is 189 Å². The monoisotopic (exact) mass is 434 g/mol. The zero-order chi connectivity index (χ0) is 22.1. The Hall–Kier alpha value is -2.80. The highest BCUT2D eigenvalue weighted by molar-refractivity contribution is 5.55. The van der Waals surface area contributed by atoms with Crippen LogP contribution in [0.2, 0.25) is 0 Å². The average molecular weight is 435 g/mol. The van der Waals surface area contributed by atoms with E-state index in [1.165, 1.54) is 29.7 Å². The summed E-state index contributed by atoms with van der Waals surface area (Å²) < 4.78 is 15.7. The van der Waals surface area contributed by atoms with Gasteiger partial charge in [0.15, 0.2) is 5.82 Å². The van der Waals surface area contributed by atoms with Crippen LogP contribution >= 0.6 is 0 Å². The first kappa shape index (κ1) is 21.1. The van der Waals surface area contributed by atoms with Crippen LogP contribution in [0.3, 0.4) is 0 Å². The van der Waals surface area contributed by atoms with Crippen molar-refractivity contribution in [1.82, 2.24) is 25.1 Å². The molecule has 5 rings (SSSR count). The van der Waals surface area contributed by atoms with E-state index in [1.54, 1.807) is 12.1 Å². The van der Waals surface area contributed by atoms with Crippen LogP contribution in [-0.2, 0) is 0 Å². The van der Waals surface area contributed by atoms with Gasteiger partial charge in [-0.05, 0) is 72.0 Å². The van der Waals surface area contributed by atoms with E-state index < -0.39 is 0 Å². The van der Waals surface area contributed by atoms with Gasteiger partial charge in [0.2, 0.25) is 0 Å². The molecule has 1 aliphatic carbocycles. The number of hydrogen-bond donors (Lipinski definition) is 0. The fourth-order valence-corrected chi connectivity index (χ4v) is 5.24. The van der Waals surface area contributed by atoms with E-state index in [0.717, 1.165) is 50.4 Å². The number of aryl methyl sites for hydroxylation is 2. The molecule has 2 fully saturated rings. The van der Waals surface area contributed by atoms with Gasteiger partial charge in [-0.3, -0.25) is 4.90 Å². The first-order valence-electron chi connectivity index (χ1n) is 11.7. The molecule has 1 atom stereocenters. The Bertz CT molecular complexity index is 1050. The minimum Gasteiger partial charge on any atom is -0.369 e. The van der Waals surface area contributed by atoms with Gasteiger partial charge in [-0.2, -0.15) is 0 Å². The summed E-state index contributed by atoms with van der Waals surface area (Å²) in [5, 5.41) is 12.9. The third kappa shape index (κ3) is 4.13. The van der Waals surface area contributed by atoms with Crippen molar-refractivity contribution in [3.63, 3.8) is 0 Å². The van der Waals surface area contributed by atoms with Gasteiger partial charge in [-0.15, -0.1) is 5.10 Å². The maximum atomic E-state index is 13.7. The van der Waals surface area contributed by atoms with Gasteiger partial charge in [-0.1, -0.05) is 37.1 Å². The molecule has 0 radical (unpaired) electrons. The van der Waals surface area contributed by atoms with Gasteiger partial charge in [-0.25, -0.2) is 9.07 Å². The number of piperazine rings is 1. The number of rotatable bonds is 5. The van der Waals surface area contributed by atoms with Gasteiger partial charge >= 0.3 is 0 Å². The molecule has 3 aromatic rings. The van der Waals surface area contributed by atoms with Gasteiger partial charge in [0, 0.05) is 31.9 Å². The zero-order valence-corrected chi connectivity index (χ0v) is 18.9. The quantitative estimate of drug-likeness (QED) is 0.594. The van der Waals surface area contributed by atoms with Crippen molar-refractivity contribution in [3.05, 3.63) is 70.8 Å². The second-order valence-corrected chi connectivity index (χ2v) is 9.19. The molecule has 0 spiro atoms. The lowest BCUT2D eigenvalue weighted by atomic mass is 10.0. The first-order chi connectivity index (χ1) is 15.6. The molecular weight excluding hydrogens is 403 g/mol. The van der Waals surface area contributed by atoms with Crippen molar-refractivity contribution in [2.24, 2.45) is 0 Å². The summed E-state index contributed by atoms with van der Waals surface area (Å²) in [5.74, 6) is 0.659. The maximum Gasteiger partial charge on any atom is 0.173 e. The summed E-state index contributed by atoms with van der Waals surface area (Å²) >= 11 is 0. The predicted molar refractivity (Wildman–Crippen MR) is 123 cm³/mol. The van der Waals surface area contributed by atoms with Crippen molar-refractivity contribution in [3.8, 4) is 0 Å². The molecule has 0 bridgehead atoms. The Balaban J connectivity index is 1.43. The topological polar surface area (TPSA) is 50.1 Å². The summed E-state index contributed by atoms with van der Waals surface area (Å²) in [6, 6.07) is 13.8. The fourth-order valence-electron chi connectivity index (χ4n) is 5.24. The van der Waals surface area contributed by atoms with Crippen LogP contribution in [0.4, 0.5) is 10.1 Å². The third-order valence-electron chi connectivity index (χ3n) is 7.00. The molecule has 1 saturated heterocycles. The average Bonchev–Trinajstić information content (AvgIpc) is 3.50. The van der Waals surface area contributed by atoms with Crippen molar-refractivity contribution >= 4 is 5.69 Å². The molecule has 168 valence electrons. The van der Waals surface area contributed by atoms with E-state index in [2.05, 4.69) is 57.4 Å². The lowest BCUT2D eigenvalue weighted by Crippen LogP contribution is -2.48. The molecule has 0 N–H and O–H groups in total. The number of benzene rings is 2. The zero-order valence-electron chi connectivity index (χ0n) is 18.9. The van der Waals surface area contributed by atoms with E-state index in [9.17, 15) is 4.39 Å². The van der Waals surface area contributed by atoms with Crippen molar-refractivity contribution in [1.29, 1.82) is 0 Å². The fraction of sp³-hybridized carbons (Fsp3) is 0.480. The molecule has 32 heavy (non-hydrogen) atoms. The van der Waals surface area contributed by atoms with Crippen LogP contribution < -0.4 is 4.90 Å². The molecule has 0 amide bonds. The second kappa shape index (κ2) is 8.98. The molecular formula is C25H31FN6. The molecule has 7 heteroatoms. The number of anilines is 1. The molecule has 2 heterocycles. The number of aromatic nitrogens is 4. The molecule has 2 aliphatic rings. The first-order valence-corrected chi connectivity index (χ1v) is 11.7. The Morgan fingerprint density at radius 3 is 2.38 bits per heavy atom.